The molecule has 2 rings (SSSR count). The molecule has 68 valence electrons. The van der Waals surface area contributed by atoms with E-state index in [4.69, 9.17) is 17.8 Å². The fraction of sp³-hybridized carbons (Fsp3) is 0. The van der Waals surface area contributed by atoms with Crippen LogP contribution >= 0.6 is 35.4 Å². The molecule has 0 radical (unpaired) electrons. The first kappa shape index (κ1) is 9.56. The molecule has 0 N–H and O–H groups in total. The maximum absolute atomic E-state index is 5.93. The predicted molar refractivity (Wildman–Crippen MR) is 68.4 cm³/mol. The summed E-state index contributed by atoms with van der Waals surface area (Å²) in [6, 6.07) is 14.4. The molecule has 0 heterocycles. The summed E-state index contributed by atoms with van der Waals surface area (Å²) in [4.78, 5) is 0. The molecule has 0 saturated carbocycles. The van der Waals surface area contributed by atoms with Crippen LogP contribution in [0.4, 0.5) is 0 Å². The van der Waals surface area contributed by atoms with E-state index in [9.17, 15) is 0 Å². The zero-order valence-electron chi connectivity index (χ0n) is 6.68. The Morgan fingerprint density at radius 1 is 0.846 bits per heavy atom. The number of rotatable bonds is 1. The summed E-state index contributed by atoms with van der Waals surface area (Å²) in [5.74, 6) is 0. The van der Waals surface area contributed by atoms with Gasteiger partial charge in [0.15, 0.2) is 0 Å². The molecule has 13 heavy (non-hydrogen) atoms. The number of halogens is 3. The molecule has 3 heteroatoms. The molecule has 0 bridgehead atoms. The van der Waals surface area contributed by atoms with Gasteiger partial charge in [0.25, 0.3) is 0 Å². The molecule has 0 spiro atoms. The topological polar surface area (TPSA) is 0 Å². The van der Waals surface area contributed by atoms with Crippen molar-refractivity contribution in [3.63, 3.8) is 0 Å². The van der Waals surface area contributed by atoms with Crippen molar-refractivity contribution in [2.75, 3.05) is 0 Å². The normalized spacial score (nSPS) is 11.7. The Morgan fingerprint density at radius 3 is 2.23 bits per heavy atom. The van der Waals surface area contributed by atoms with Gasteiger partial charge in [-0.15, -0.1) is 0 Å². The van der Waals surface area contributed by atoms with E-state index >= 15 is 0 Å². The third kappa shape index (κ3) is 2.09. The van der Waals surface area contributed by atoms with E-state index in [0.717, 1.165) is 3.57 Å². The van der Waals surface area contributed by atoms with Gasteiger partial charge in [0, 0.05) is 0 Å². The average Bonchev–Trinajstić information content (AvgIpc) is 2.17. The molecular formula is C10H7Cl2I. The van der Waals surface area contributed by atoms with Gasteiger partial charge in [-0.3, -0.25) is 0 Å². The van der Waals surface area contributed by atoms with Crippen LogP contribution in [-0.2, 0) is 0 Å². The molecule has 2 aromatic carbocycles. The van der Waals surface area contributed by atoms with Gasteiger partial charge in [-0.05, 0) is 0 Å². The molecule has 0 aliphatic carbocycles. The second kappa shape index (κ2) is 4.03. The van der Waals surface area contributed by atoms with Gasteiger partial charge in [0.2, 0.25) is 0 Å². The third-order valence-corrected chi connectivity index (χ3v) is 5.70. The van der Waals surface area contributed by atoms with Gasteiger partial charge in [0.1, 0.15) is 0 Å². The van der Waals surface area contributed by atoms with Gasteiger partial charge >= 0.3 is 92.2 Å². The van der Waals surface area contributed by atoms with E-state index in [1.807, 2.05) is 18.2 Å². The first-order chi connectivity index (χ1) is 6.27. The maximum atomic E-state index is 5.93. The molecule has 0 aliphatic rings. The molecule has 0 aromatic heterocycles. The van der Waals surface area contributed by atoms with E-state index in [0.29, 0.717) is 0 Å². The Kier molecular flexibility index (Phi) is 2.96. The number of hydrogen-bond acceptors (Lipinski definition) is 0. The van der Waals surface area contributed by atoms with Crippen molar-refractivity contribution in [2.24, 2.45) is 0 Å². The monoisotopic (exact) mass is 324 g/mol. The van der Waals surface area contributed by atoms with Crippen LogP contribution < -0.4 is 0 Å². The van der Waals surface area contributed by atoms with Crippen LogP contribution in [0.25, 0.3) is 10.8 Å². The predicted octanol–water partition coefficient (Wildman–Crippen LogP) is 4.82. The van der Waals surface area contributed by atoms with Crippen molar-refractivity contribution in [1.82, 2.24) is 0 Å². The molecule has 0 atom stereocenters. The van der Waals surface area contributed by atoms with Crippen molar-refractivity contribution >= 4 is 46.2 Å². The Balaban J connectivity index is 2.62. The third-order valence-electron chi connectivity index (χ3n) is 1.88. The summed E-state index contributed by atoms with van der Waals surface area (Å²) in [6.07, 6.45) is 0. The molecular weight excluding hydrogens is 318 g/mol. The quantitative estimate of drug-likeness (QED) is 0.659. The number of fused-ring (bicyclic) bond motifs is 1. The van der Waals surface area contributed by atoms with Crippen LogP contribution in [-0.4, -0.2) is 0 Å². The van der Waals surface area contributed by atoms with E-state index in [1.54, 1.807) is 0 Å². The number of benzene rings is 2. The van der Waals surface area contributed by atoms with Crippen molar-refractivity contribution in [1.29, 1.82) is 0 Å². The average molecular weight is 325 g/mol. The van der Waals surface area contributed by atoms with E-state index in [-0.39, 0.29) is 0 Å². The van der Waals surface area contributed by atoms with Crippen LogP contribution in [0.2, 0.25) is 0 Å². The van der Waals surface area contributed by atoms with Crippen molar-refractivity contribution in [2.45, 2.75) is 0 Å². The Morgan fingerprint density at radius 2 is 1.54 bits per heavy atom. The van der Waals surface area contributed by atoms with E-state index in [2.05, 4.69) is 24.3 Å². The van der Waals surface area contributed by atoms with E-state index in [1.165, 1.54) is 10.8 Å². The second-order valence-corrected chi connectivity index (χ2v) is 9.87. The van der Waals surface area contributed by atoms with Gasteiger partial charge in [0.05, 0.1) is 0 Å². The summed E-state index contributed by atoms with van der Waals surface area (Å²) in [6.45, 7) is 0. The van der Waals surface area contributed by atoms with Crippen molar-refractivity contribution in [3.8, 4) is 0 Å². The zero-order chi connectivity index (χ0) is 9.26. The van der Waals surface area contributed by atoms with Crippen LogP contribution in [0.5, 0.6) is 0 Å². The standard InChI is InChI=1S/C10H7Cl2I/c11-13(12)10-6-5-8-3-1-2-4-9(8)7-10/h1-7H. The molecule has 0 aliphatic heterocycles. The molecule has 0 amide bonds. The van der Waals surface area contributed by atoms with Gasteiger partial charge in [-0.2, -0.15) is 0 Å². The zero-order valence-corrected chi connectivity index (χ0v) is 10.3. The minimum atomic E-state index is -1.85. The summed E-state index contributed by atoms with van der Waals surface area (Å²) >= 11 is -1.85. The molecule has 0 fully saturated rings. The Hall–Kier alpha value is 0.0100. The van der Waals surface area contributed by atoms with Crippen LogP contribution in [0, 0.1) is 3.57 Å². The van der Waals surface area contributed by atoms with E-state index < -0.39 is 17.6 Å². The fourth-order valence-corrected chi connectivity index (χ4v) is 3.46. The summed E-state index contributed by atoms with van der Waals surface area (Å²) in [5.41, 5.74) is 0. The second-order valence-electron chi connectivity index (χ2n) is 2.69. The summed E-state index contributed by atoms with van der Waals surface area (Å²) in [7, 11) is 11.9. The fourth-order valence-electron chi connectivity index (χ4n) is 1.25. The Bertz CT molecular complexity index is 426. The molecule has 0 saturated heterocycles. The van der Waals surface area contributed by atoms with Gasteiger partial charge in [-0.25, -0.2) is 0 Å². The SMILES string of the molecule is ClI(Cl)c1ccc2ccccc2c1. The molecule has 0 nitrogen and oxygen atoms in total. The minimum absolute atomic E-state index is 1.10. The summed E-state index contributed by atoms with van der Waals surface area (Å²) < 4.78 is 1.10. The van der Waals surface area contributed by atoms with Crippen molar-refractivity contribution in [3.05, 3.63) is 46.0 Å². The first-order valence-corrected chi connectivity index (χ1v) is 10.3. The first-order valence-electron chi connectivity index (χ1n) is 3.79. The van der Waals surface area contributed by atoms with Gasteiger partial charge in [-0.1, -0.05) is 0 Å². The van der Waals surface area contributed by atoms with Gasteiger partial charge < -0.3 is 0 Å². The Labute approximate surface area is 91.7 Å². The number of hydrogen-bond donors (Lipinski definition) is 0. The van der Waals surface area contributed by atoms with Crippen LogP contribution in [0.1, 0.15) is 0 Å². The van der Waals surface area contributed by atoms with Crippen LogP contribution in [0.15, 0.2) is 42.5 Å². The summed E-state index contributed by atoms with van der Waals surface area (Å²) in [5, 5.41) is 2.45. The molecule has 2 aromatic rings. The van der Waals surface area contributed by atoms with Crippen LogP contribution in [0.3, 0.4) is 0 Å². The molecule has 0 unspecified atom stereocenters. The van der Waals surface area contributed by atoms with Crippen molar-refractivity contribution < 1.29 is 0 Å².